The number of rotatable bonds is 3. The van der Waals surface area contributed by atoms with E-state index >= 15 is 0 Å². The van der Waals surface area contributed by atoms with Gasteiger partial charge in [0, 0.05) is 20.1 Å². The second kappa shape index (κ2) is 5.09. The molecule has 0 saturated carbocycles. The predicted molar refractivity (Wildman–Crippen MR) is 68.9 cm³/mol. The fourth-order valence-electron chi connectivity index (χ4n) is 2.34. The third-order valence-corrected chi connectivity index (χ3v) is 3.35. The normalized spacial score (nSPS) is 19.2. The molecule has 1 heterocycles. The van der Waals surface area contributed by atoms with Gasteiger partial charge in [-0.3, -0.25) is 0 Å². The molecule has 0 aromatic heterocycles. The van der Waals surface area contributed by atoms with Crippen LogP contribution in [0.15, 0.2) is 24.3 Å². The van der Waals surface area contributed by atoms with Crippen LogP contribution in [0.3, 0.4) is 0 Å². The molecule has 2 amide bonds. The number of carbonyl (C=O) groups is 1. The van der Waals surface area contributed by atoms with Crippen molar-refractivity contribution in [1.29, 1.82) is 5.26 Å². The Morgan fingerprint density at radius 2 is 2.28 bits per heavy atom. The van der Waals surface area contributed by atoms with Crippen LogP contribution in [0.5, 0.6) is 0 Å². The Labute approximate surface area is 107 Å². The van der Waals surface area contributed by atoms with Crippen molar-refractivity contribution in [3.05, 3.63) is 35.4 Å². The van der Waals surface area contributed by atoms with Crippen molar-refractivity contribution in [2.75, 3.05) is 20.1 Å². The van der Waals surface area contributed by atoms with Crippen LogP contribution in [0.2, 0.25) is 0 Å². The Balaban J connectivity index is 2.16. The lowest BCUT2D eigenvalue weighted by Gasteiger charge is -2.18. The number of nitriles is 1. The first-order valence-corrected chi connectivity index (χ1v) is 6.08. The minimum Gasteiger partial charge on any atom is -0.321 e. The molecule has 1 aromatic rings. The number of amides is 2. The number of benzene rings is 1. The fraction of sp³-hybridized carbons (Fsp3) is 0.429. The molecular weight excluding hydrogens is 226 g/mol. The summed E-state index contributed by atoms with van der Waals surface area (Å²) in [5.74, 6) is 0. The molecule has 4 nitrogen and oxygen atoms in total. The van der Waals surface area contributed by atoms with Gasteiger partial charge >= 0.3 is 6.03 Å². The minimum absolute atomic E-state index is 0.0109. The maximum Gasteiger partial charge on any atom is 0.320 e. The molecular formula is C14H17N3O. The fourth-order valence-corrected chi connectivity index (χ4v) is 2.34. The van der Waals surface area contributed by atoms with Crippen LogP contribution >= 0.6 is 0 Å². The average molecular weight is 243 g/mol. The van der Waals surface area contributed by atoms with Gasteiger partial charge < -0.3 is 9.80 Å². The largest absolute Gasteiger partial charge is 0.321 e. The van der Waals surface area contributed by atoms with Gasteiger partial charge in [-0.2, -0.15) is 5.26 Å². The van der Waals surface area contributed by atoms with E-state index in [0.29, 0.717) is 19.5 Å². The predicted octanol–water partition coefficient (Wildman–Crippen LogP) is 2.32. The highest BCUT2D eigenvalue weighted by Crippen LogP contribution is 2.28. The Hall–Kier alpha value is -2.02. The van der Waals surface area contributed by atoms with Gasteiger partial charge in [0.15, 0.2) is 0 Å². The second-order valence-corrected chi connectivity index (χ2v) is 4.68. The highest BCUT2D eigenvalue weighted by atomic mass is 16.2. The average Bonchev–Trinajstić information content (AvgIpc) is 2.64. The number of hydrogen-bond acceptors (Lipinski definition) is 2. The van der Waals surface area contributed by atoms with Gasteiger partial charge in [-0.25, -0.2) is 4.79 Å². The van der Waals surface area contributed by atoms with Crippen molar-refractivity contribution < 1.29 is 4.79 Å². The van der Waals surface area contributed by atoms with Gasteiger partial charge in [0.1, 0.15) is 0 Å². The van der Waals surface area contributed by atoms with Crippen molar-refractivity contribution in [2.24, 2.45) is 0 Å². The van der Waals surface area contributed by atoms with E-state index in [2.05, 4.69) is 18.2 Å². The van der Waals surface area contributed by atoms with Crippen molar-refractivity contribution in [1.82, 2.24) is 9.80 Å². The molecule has 18 heavy (non-hydrogen) atoms. The summed E-state index contributed by atoms with van der Waals surface area (Å²) in [6, 6.07) is 10.4. The molecule has 94 valence electrons. The van der Waals surface area contributed by atoms with Crippen LogP contribution in [0.4, 0.5) is 4.79 Å². The topological polar surface area (TPSA) is 47.3 Å². The first kappa shape index (κ1) is 12.4. The van der Waals surface area contributed by atoms with Crippen LogP contribution in [0.1, 0.15) is 23.6 Å². The van der Waals surface area contributed by atoms with Crippen molar-refractivity contribution >= 4 is 6.03 Å². The third-order valence-electron chi connectivity index (χ3n) is 3.35. The van der Waals surface area contributed by atoms with Crippen LogP contribution in [-0.4, -0.2) is 36.0 Å². The van der Waals surface area contributed by atoms with E-state index in [1.165, 1.54) is 5.56 Å². The first-order chi connectivity index (χ1) is 8.63. The van der Waals surface area contributed by atoms with Gasteiger partial charge in [-0.05, 0) is 12.5 Å². The molecule has 1 atom stereocenters. The molecule has 0 radical (unpaired) electrons. The SMILES string of the molecule is Cc1cccc(C2CN(CCC#N)C(=O)N2C)c1. The zero-order valence-electron chi connectivity index (χ0n) is 10.8. The van der Waals surface area contributed by atoms with Gasteiger partial charge in [0.05, 0.1) is 18.5 Å². The van der Waals surface area contributed by atoms with Crippen LogP contribution in [0.25, 0.3) is 0 Å². The summed E-state index contributed by atoms with van der Waals surface area (Å²) in [5, 5.41) is 8.60. The van der Waals surface area contributed by atoms with Gasteiger partial charge in [0.2, 0.25) is 0 Å². The summed E-state index contributed by atoms with van der Waals surface area (Å²) in [4.78, 5) is 15.5. The molecule has 0 N–H and O–H groups in total. The number of hydrogen-bond donors (Lipinski definition) is 0. The highest BCUT2D eigenvalue weighted by molar-refractivity contribution is 5.77. The summed E-state index contributed by atoms with van der Waals surface area (Å²) < 4.78 is 0. The molecule has 1 saturated heterocycles. The van der Waals surface area contributed by atoms with E-state index < -0.39 is 0 Å². The summed E-state index contributed by atoms with van der Waals surface area (Å²) in [7, 11) is 1.82. The number of nitrogens with zero attached hydrogens (tertiary/aromatic N) is 3. The lowest BCUT2D eigenvalue weighted by atomic mass is 10.0. The van der Waals surface area contributed by atoms with E-state index in [4.69, 9.17) is 5.26 Å². The molecule has 0 spiro atoms. The zero-order chi connectivity index (χ0) is 13.1. The number of aryl methyl sites for hydroxylation is 1. The van der Waals surface area contributed by atoms with E-state index in [1.54, 1.807) is 9.80 Å². The maximum absolute atomic E-state index is 12.0. The summed E-state index contributed by atoms with van der Waals surface area (Å²) in [6.45, 7) is 3.23. The summed E-state index contributed by atoms with van der Waals surface area (Å²) in [6.07, 6.45) is 0.389. The zero-order valence-corrected chi connectivity index (χ0v) is 10.8. The lowest BCUT2D eigenvalue weighted by molar-refractivity contribution is 0.196. The van der Waals surface area contributed by atoms with Gasteiger partial charge in [0.25, 0.3) is 0 Å². The van der Waals surface area contributed by atoms with Crippen molar-refractivity contribution in [2.45, 2.75) is 19.4 Å². The summed E-state index contributed by atoms with van der Waals surface area (Å²) >= 11 is 0. The third kappa shape index (κ3) is 2.30. The number of likely N-dealkylation sites (N-methyl/N-ethyl adjacent to an activating group) is 1. The van der Waals surface area contributed by atoms with Crippen molar-refractivity contribution in [3.8, 4) is 6.07 Å². The second-order valence-electron chi connectivity index (χ2n) is 4.68. The lowest BCUT2D eigenvalue weighted by Crippen LogP contribution is -2.30. The Morgan fingerprint density at radius 1 is 1.50 bits per heavy atom. The standard InChI is InChI=1S/C14H17N3O/c1-11-5-3-6-12(9-11)13-10-17(8-4-7-15)14(18)16(13)2/h3,5-6,9,13H,4,8,10H2,1-2H3. The molecule has 1 unspecified atom stereocenters. The minimum atomic E-state index is 0.0109. The van der Waals surface area contributed by atoms with Crippen molar-refractivity contribution in [3.63, 3.8) is 0 Å². The van der Waals surface area contributed by atoms with Crippen LogP contribution in [0, 0.1) is 18.3 Å². The first-order valence-electron chi connectivity index (χ1n) is 6.08. The molecule has 4 heteroatoms. The molecule has 2 rings (SSSR count). The molecule has 0 bridgehead atoms. The Morgan fingerprint density at radius 3 is 2.94 bits per heavy atom. The van der Waals surface area contributed by atoms with E-state index in [-0.39, 0.29) is 12.1 Å². The Bertz CT molecular complexity index is 492. The van der Waals surface area contributed by atoms with Crippen LogP contribution < -0.4 is 0 Å². The number of carbonyl (C=O) groups excluding carboxylic acids is 1. The highest BCUT2D eigenvalue weighted by Gasteiger charge is 2.34. The maximum atomic E-state index is 12.0. The molecule has 1 aliphatic rings. The Kier molecular flexibility index (Phi) is 3.52. The quantitative estimate of drug-likeness (QED) is 0.818. The molecule has 1 aliphatic heterocycles. The monoisotopic (exact) mass is 243 g/mol. The van der Waals surface area contributed by atoms with Gasteiger partial charge in [-0.1, -0.05) is 29.8 Å². The number of urea groups is 1. The van der Waals surface area contributed by atoms with Crippen LogP contribution in [-0.2, 0) is 0 Å². The molecule has 0 aliphatic carbocycles. The molecule has 1 aromatic carbocycles. The van der Waals surface area contributed by atoms with E-state index in [1.807, 2.05) is 26.1 Å². The molecule has 1 fully saturated rings. The van der Waals surface area contributed by atoms with E-state index in [0.717, 1.165) is 5.56 Å². The van der Waals surface area contributed by atoms with E-state index in [9.17, 15) is 4.79 Å². The smallest absolute Gasteiger partial charge is 0.320 e. The van der Waals surface area contributed by atoms with Gasteiger partial charge in [-0.15, -0.1) is 0 Å². The summed E-state index contributed by atoms with van der Waals surface area (Å²) in [5.41, 5.74) is 2.36.